The van der Waals surface area contributed by atoms with Crippen LogP contribution in [-0.2, 0) is 0 Å². The number of nitrogens with one attached hydrogen (secondary N) is 1. The van der Waals surface area contributed by atoms with Gasteiger partial charge in [0.15, 0.2) is 16.7 Å². The average molecular weight is 347 g/mol. The molecule has 0 aliphatic heterocycles. The van der Waals surface area contributed by atoms with E-state index < -0.39 is 0 Å². The molecule has 0 amide bonds. The molecule has 0 spiro atoms. The predicted octanol–water partition coefficient (Wildman–Crippen LogP) is 4.09. The van der Waals surface area contributed by atoms with Crippen LogP contribution in [0.5, 0.6) is 5.75 Å². The summed E-state index contributed by atoms with van der Waals surface area (Å²) in [6, 6.07) is 3.04. The highest BCUT2D eigenvalue weighted by Gasteiger charge is 2.12. The summed E-state index contributed by atoms with van der Waals surface area (Å²) < 4.78 is 18.9. The van der Waals surface area contributed by atoms with Crippen molar-refractivity contribution in [3.63, 3.8) is 0 Å². The fourth-order valence-corrected chi connectivity index (χ4v) is 2.08. The topological polar surface area (TPSA) is 47.0 Å². The van der Waals surface area contributed by atoms with E-state index in [-0.39, 0.29) is 11.0 Å². The van der Waals surface area contributed by atoms with Crippen molar-refractivity contribution in [2.75, 3.05) is 12.4 Å². The van der Waals surface area contributed by atoms with Crippen LogP contribution in [0.25, 0.3) is 0 Å². The molecule has 4 nitrogen and oxygen atoms in total. The van der Waals surface area contributed by atoms with Crippen LogP contribution >= 0.6 is 27.5 Å². The van der Waals surface area contributed by atoms with Crippen LogP contribution in [0.15, 0.2) is 22.9 Å². The molecule has 0 atom stereocenters. The smallest absolute Gasteiger partial charge is 0.199 e. The number of aryl methyl sites for hydroxylation is 1. The van der Waals surface area contributed by atoms with E-state index in [9.17, 15) is 4.39 Å². The van der Waals surface area contributed by atoms with Crippen molar-refractivity contribution in [2.24, 2.45) is 0 Å². The highest BCUT2D eigenvalue weighted by atomic mass is 79.9. The van der Waals surface area contributed by atoms with Gasteiger partial charge in [-0.2, -0.15) is 0 Å². The number of anilines is 2. The molecule has 0 fully saturated rings. The maximum absolute atomic E-state index is 13.4. The first-order valence-corrected chi connectivity index (χ1v) is 6.47. The molecule has 0 saturated carbocycles. The zero-order chi connectivity index (χ0) is 14.0. The minimum atomic E-state index is -0.323. The molecule has 0 radical (unpaired) electrons. The Kier molecular flexibility index (Phi) is 4.21. The molecule has 1 heterocycles. The second-order valence-corrected chi connectivity index (χ2v) is 4.96. The number of ether oxygens (including phenoxy) is 1. The Labute approximate surface area is 123 Å². The Hall–Kier alpha value is -1.40. The van der Waals surface area contributed by atoms with Gasteiger partial charge >= 0.3 is 0 Å². The Bertz CT molecular complexity index is 624. The zero-order valence-corrected chi connectivity index (χ0v) is 12.5. The van der Waals surface area contributed by atoms with Gasteiger partial charge in [-0.05, 0) is 40.5 Å². The van der Waals surface area contributed by atoms with E-state index in [0.717, 1.165) is 5.56 Å². The van der Waals surface area contributed by atoms with Crippen LogP contribution < -0.4 is 10.1 Å². The lowest BCUT2D eigenvalue weighted by molar-refractivity contribution is 0.413. The van der Waals surface area contributed by atoms with Gasteiger partial charge in [0.25, 0.3) is 0 Å². The summed E-state index contributed by atoms with van der Waals surface area (Å²) in [5, 5.41) is 3.25. The molecule has 1 aromatic carbocycles. The summed E-state index contributed by atoms with van der Waals surface area (Å²) in [7, 11) is 1.48. The lowest BCUT2D eigenvalue weighted by Gasteiger charge is -2.13. The molecular weight excluding hydrogens is 337 g/mol. The first kappa shape index (κ1) is 14.0. The minimum absolute atomic E-state index is 0.207. The standard InChI is InChI=1S/C12H10BrClFN3O/c1-6-3-8(15)7(13)4-9(6)18-12-10(19-2)11(14)16-5-17-12/h3-5H,1-2H3,(H,16,17,18). The number of nitrogens with zero attached hydrogens (tertiary/aromatic N) is 2. The molecule has 0 aliphatic carbocycles. The maximum Gasteiger partial charge on any atom is 0.199 e. The molecule has 2 rings (SSSR count). The molecule has 0 bridgehead atoms. The van der Waals surface area contributed by atoms with E-state index in [4.69, 9.17) is 16.3 Å². The van der Waals surface area contributed by atoms with E-state index in [1.165, 1.54) is 19.5 Å². The van der Waals surface area contributed by atoms with Gasteiger partial charge in [0.05, 0.1) is 11.6 Å². The van der Waals surface area contributed by atoms with Crippen LogP contribution in [-0.4, -0.2) is 17.1 Å². The molecule has 7 heteroatoms. The van der Waals surface area contributed by atoms with Gasteiger partial charge in [-0.15, -0.1) is 0 Å². The second kappa shape index (κ2) is 5.71. The summed E-state index contributed by atoms with van der Waals surface area (Å²) in [5.41, 5.74) is 1.43. The Morgan fingerprint density at radius 2 is 2.11 bits per heavy atom. The third-order valence-electron chi connectivity index (χ3n) is 2.48. The van der Waals surface area contributed by atoms with Gasteiger partial charge in [0, 0.05) is 5.69 Å². The van der Waals surface area contributed by atoms with Crippen molar-refractivity contribution in [3.8, 4) is 5.75 Å². The van der Waals surface area contributed by atoms with Gasteiger partial charge in [-0.25, -0.2) is 14.4 Å². The molecule has 19 heavy (non-hydrogen) atoms. The van der Waals surface area contributed by atoms with E-state index in [1.807, 2.05) is 0 Å². The summed E-state index contributed by atoms with van der Waals surface area (Å²) in [6.45, 7) is 1.78. The Morgan fingerprint density at radius 3 is 2.79 bits per heavy atom. The van der Waals surface area contributed by atoms with Gasteiger partial charge in [-0.1, -0.05) is 11.6 Å². The van der Waals surface area contributed by atoms with Crippen LogP contribution in [0.4, 0.5) is 15.9 Å². The molecule has 1 aromatic heterocycles. The van der Waals surface area contributed by atoms with Gasteiger partial charge in [-0.3, -0.25) is 0 Å². The monoisotopic (exact) mass is 345 g/mol. The van der Waals surface area contributed by atoms with Crippen molar-refractivity contribution >= 4 is 39.0 Å². The molecule has 1 N–H and O–H groups in total. The number of aromatic nitrogens is 2. The van der Waals surface area contributed by atoms with Crippen molar-refractivity contribution in [2.45, 2.75) is 6.92 Å². The van der Waals surface area contributed by atoms with Crippen molar-refractivity contribution < 1.29 is 9.13 Å². The molecular formula is C12H10BrClFN3O. The van der Waals surface area contributed by atoms with Crippen LogP contribution in [0.3, 0.4) is 0 Å². The van der Waals surface area contributed by atoms with E-state index >= 15 is 0 Å². The van der Waals surface area contributed by atoms with Crippen molar-refractivity contribution in [1.82, 2.24) is 9.97 Å². The van der Waals surface area contributed by atoms with Crippen LogP contribution in [0.2, 0.25) is 5.15 Å². The first-order valence-electron chi connectivity index (χ1n) is 5.30. The zero-order valence-electron chi connectivity index (χ0n) is 10.2. The largest absolute Gasteiger partial charge is 0.490 e. The lowest BCUT2D eigenvalue weighted by atomic mass is 10.2. The van der Waals surface area contributed by atoms with Crippen LogP contribution in [0.1, 0.15) is 5.56 Å². The molecule has 0 saturated heterocycles. The van der Waals surface area contributed by atoms with Crippen molar-refractivity contribution in [1.29, 1.82) is 0 Å². The summed E-state index contributed by atoms with van der Waals surface area (Å²) in [5.74, 6) is 0.434. The quantitative estimate of drug-likeness (QED) is 0.850. The van der Waals surface area contributed by atoms with E-state index in [0.29, 0.717) is 21.7 Å². The van der Waals surface area contributed by atoms with E-state index in [2.05, 4.69) is 31.2 Å². The maximum atomic E-state index is 13.4. The first-order chi connectivity index (χ1) is 9.02. The number of methoxy groups -OCH3 is 1. The summed E-state index contributed by atoms with van der Waals surface area (Å²) in [6.07, 6.45) is 1.32. The number of halogens is 3. The number of benzene rings is 1. The Morgan fingerprint density at radius 1 is 1.37 bits per heavy atom. The fourth-order valence-electron chi connectivity index (χ4n) is 1.53. The number of hydrogen-bond donors (Lipinski definition) is 1. The summed E-state index contributed by atoms with van der Waals surface area (Å²) >= 11 is 9.05. The number of hydrogen-bond acceptors (Lipinski definition) is 4. The van der Waals surface area contributed by atoms with Gasteiger partial charge in [0.2, 0.25) is 0 Å². The Balaban J connectivity index is 2.42. The van der Waals surface area contributed by atoms with Gasteiger partial charge < -0.3 is 10.1 Å². The average Bonchev–Trinajstić information content (AvgIpc) is 2.36. The molecule has 100 valence electrons. The lowest BCUT2D eigenvalue weighted by Crippen LogP contribution is -2.01. The van der Waals surface area contributed by atoms with Gasteiger partial charge in [0.1, 0.15) is 12.1 Å². The van der Waals surface area contributed by atoms with Crippen molar-refractivity contribution in [3.05, 3.63) is 39.5 Å². The second-order valence-electron chi connectivity index (χ2n) is 3.75. The fraction of sp³-hybridized carbons (Fsp3) is 0.167. The molecule has 0 unspecified atom stereocenters. The molecule has 2 aromatic rings. The number of rotatable bonds is 3. The highest BCUT2D eigenvalue weighted by molar-refractivity contribution is 9.10. The molecule has 0 aliphatic rings. The third kappa shape index (κ3) is 2.96. The SMILES string of the molecule is COc1c(Cl)ncnc1Nc1cc(Br)c(F)cc1C. The van der Waals surface area contributed by atoms with Crippen LogP contribution in [0, 0.1) is 12.7 Å². The highest BCUT2D eigenvalue weighted by Crippen LogP contribution is 2.33. The normalized spacial score (nSPS) is 10.4. The predicted molar refractivity (Wildman–Crippen MR) is 75.7 cm³/mol. The summed E-state index contributed by atoms with van der Waals surface area (Å²) in [4.78, 5) is 7.88. The third-order valence-corrected chi connectivity index (χ3v) is 3.36. The van der Waals surface area contributed by atoms with E-state index in [1.54, 1.807) is 13.0 Å². The minimum Gasteiger partial charge on any atom is -0.490 e.